The zero-order valence-electron chi connectivity index (χ0n) is 12.7. The summed E-state index contributed by atoms with van der Waals surface area (Å²) < 4.78 is 27.1. The van der Waals surface area contributed by atoms with Crippen molar-refractivity contribution in [3.8, 4) is 5.82 Å². The van der Waals surface area contributed by atoms with Crippen molar-refractivity contribution in [3.05, 3.63) is 30.1 Å². The zero-order valence-corrected chi connectivity index (χ0v) is 13.5. The summed E-state index contributed by atoms with van der Waals surface area (Å²) in [5.41, 5.74) is 0.906. The van der Waals surface area contributed by atoms with E-state index >= 15 is 0 Å². The minimum absolute atomic E-state index is 0.144. The van der Waals surface area contributed by atoms with Crippen LogP contribution >= 0.6 is 0 Å². The first-order valence-corrected chi connectivity index (χ1v) is 8.73. The van der Waals surface area contributed by atoms with Gasteiger partial charge in [0.15, 0.2) is 5.82 Å². The average Bonchev–Trinajstić information content (AvgIpc) is 2.91. The molecule has 2 aromatic rings. The molecule has 0 atom stereocenters. The van der Waals surface area contributed by atoms with Gasteiger partial charge in [0, 0.05) is 19.3 Å². The standard InChI is InChI=1S/C13H20N6O2S/c1-3-10-22(20,21)15-8-7-14-12-4-5-13(17-16-12)19-9-6-11(2)18-19/h4-6,9,15H,3,7-8,10H2,1-2H3,(H,14,16). The molecule has 0 aliphatic carbocycles. The number of sulfonamides is 1. The highest BCUT2D eigenvalue weighted by molar-refractivity contribution is 7.89. The molecule has 2 N–H and O–H groups in total. The highest BCUT2D eigenvalue weighted by atomic mass is 32.2. The lowest BCUT2D eigenvalue weighted by molar-refractivity contribution is 0.581. The second-order valence-corrected chi connectivity index (χ2v) is 6.74. The van der Waals surface area contributed by atoms with Crippen LogP contribution in [0.2, 0.25) is 0 Å². The minimum Gasteiger partial charge on any atom is -0.367 e. The number of rotatable bonds is 8. The molecule has 2 heterocycles. The van der Waals surface area contributed by atoms with Crippen molar-refractivity contribution in [3.63, 3.8) is 0 Å². The first-order valence-electron chi connectivity index (χ1n) is 7.08. The number of aromatic nitrogens is 4. The van der Waals surface area contributed by atoms with Crippen LogP contribution in [0.4, 0.5) is 5.82 Å². The molecule has 0 fully saturated rings. The predicted octanol–water partition coefficient (Wildman–Crippen LogP) is 0.712. The summed E-state index contributed by atoms with van der Waals surface area (Å²) in [5.74, 6) is 1.36. The lowest BCUT2D eigenvalue weighted by Gasteiger charge is -2.07. The molecule has 0 amide bonds. The number of anilines is 1. The Kier molecular flexibility index (Phi) is 5.45. The highest BCUT2D eigenvalue weighted by Crippen LogP contribution is 2.06. The van der Waals surface area contributed by atoms with Crippen LogP contribution in [0, 0.1) is 6.92 Å². The van der Waals surface area contributed by atoms with E-state index in [-0.39, 0.29) is 5.75 Å². The molecule has 0 aliphatic rings. The molecular formula is C13H20N6O2S. The maximum Gasteiger partial charge on any atom is 0.211 e. The number of hydrogen-bond donors (Lipinski definition) is 2. The van der Waals surface area contributed by atoms with Gasteiger partial charge in [-0.15, -0.1) is 10.2 Å². The lowest BCUT2D eigenvalue weighted by atomic mass is 10.5. The SMILES string of the molecule is CCCS(=O)(=O)NCCNc1ccc(-n2ccc(C)n2)nn1. The second kappa shape index (κ2) is 7.32. The Bertz CT molecular complexity index is 696. The quantitative estimate of drug-likeness (QED) is 0.694. The average molecular weight is 324 g/mol. The maximum absolute atomic E-state index is 11.5. The van der Waals surface area contributed by atoms with Gasteiger partial charge < -0.3 is 5.32 Å². The van der Waals surface area contributed by atoms with Gasteiger partial charge in [-0.05, 0) is 31.5 Å². The van der Waals surface area contributed by atoms with Crippen LogP contribution in [0.25, 0.3) is 5.82 Å². The Hall–Kier alpha value is -2.00. The van der Waals surface area contributed by atoms with Crippen molar-refractivity contribution in [1.82, 2.24) is 24.7 Å². The number of aryl methyl sites for hydroxylation is 1. The van der Waals surface area contributed by atoms with E-state index in [1.165, 1.54) is 0 Å². The summed E-state index contributed by atoms with van der Waals surface area (Å²) in [5, 5.41) is 15.4. The minimum atomic E-state index is -3.16. The molecule has 2 aromatic heterocycles. The third-order valence-corrected chi connectivity index (χ3v) is 4.42. The van der Waals surface area contributed by atoms with Gasteiger partial charge in [0.25, 0.3) is 0 Å². The third kappa shape index (κ3) is 4.78. The molecule has 2 rings (SSSR count). The van der Waals surface area contributed by atoms with Crippen molar-refractivity contribution >= 4 is 15.8 Å². The third-order valence-electron chi connectivity index (χ3n) is 2.83. The van der Waals surface area contributed by atoms with Crippen molar-refractivity contribution in [1.29, 1.82) is 0 Å². The van der Waals surface area contributed by atoms with Crippen LogP contribution in [0.3, 0.4) is 0 Å². The van der Waals surface area contributed by atoms with Crippen molar-refractivity contribution in [2.45, 2.75) is 20.3 Å². The molecule has 0 saturated heterocycles. The zero-order chi connectivity index (χ0) is 16.0. The second-order valence-electron chi connectivity index (χ2n) is 4.82. The Labute approximate surface area is 130 Å². The van der Waals surface area contributed by atoms with E-state index < -0.39 is 10.0 Å². The van der Waals surface area contributed by atoms with E-state index in [9.17, 15) is 8.42 Å². The van der Waals surface area contributed by atoms with Crippen LogP contribution in [-0.2, 0) is 10.0 Å². The summed E-state index contributed by atoms with van der Waals surface area (Å²) in [6.45, 7) is 4.48. The van der Waals surface area contributed by atoms with Crippen LogP contribution < -0.4 is 10.0 Å². The Morgan fingerprint density at radius 3 is 2.59 bits per heavy atom. The normalized spacial score (nSPS) is 11.5. The highest BCUT2D eigenvalue weighted by Gasteiger charge is 2.07. The van der Waals surface area contributed by atoms with E-state index in [4.69, 9.17) is 0 Å². The molecule has 0 unspecified atom stereocenters. The molecule has 8 nitrogen and oxygen atoms in total. The van der Waals surface area contributed by atoms with Gasteiger partial charge in [0.05, 0.1) is 11.4 Å². The molecule has 0 bridgehead atoms. The van der Waals surface area contributed by atoms with Gasteiger partial charge in [0.2, 0.25) is 10.0 Å². The molecule has 22 heavy (non-hydrogen) atoms. The summed E-state index contributed by atoms with van der Waals surface area (Å²) >= 11 is 0. The first kappa shape index (κ1) is 16.4. The molecular weight excluding hydrogens is 304 g/mol. The monoisotopic (exact) mass is 324 g/mol. The summed E-state index contributed by atoms with van der Waals surface area (Å²) in [6.07, 6.45) is 2.41. The fraction of sp³-hybridized carbons (Fsp3) is 0.462. The van der Waals surface area contributed by atoms with Gasteiger partial charge >= 0.3 is 0 Å². The first-order chi connectivity index (χ1) is 10.5. The van der Waals surface area contributed by atoms with Crippen LogP contribution in [0.1, 0.15) is 19.0 Å². The topological polar surface area (TPSA) is 102 Å². The molecule has 9 heteroatoms. The molecule has 0 aliphatic heterocycles. The van der Waals surface area contributed by atoms with Gasteiger partial charge in [-0.1, -0.05) is 6.92 Å². The largest absolute Gasteiger partial charge is 0.367 e. The summed E-state index contributed by atoms with van der Waals surface area (Å²) in [4.78, 5) is 0. The maximum atomic E-state index is 11.5. The van der Waals surface area contributed by atoms with Gasteiger partial charge in [-0.3, -0.25) is 0 Å². The van der Waals surface area contributed by atoms with Crippen LogP contribution in [-0.4, -0.2) is 47.2 Å². The van der Waals surface area contributed by atoms with Crippen molar-refractivity contribution in [2.75, 3.05) is 24.2 Å². The molecule has 120 valence electrons. The van der Waals surface area contributed by atoms with Crippen molar-refractivity contribution in [2.24, 2.45) is 0 Å². The van der Waals surface area contributed by atoms with E-state index in [1.807, 2.05) is 26.1 Å². The summed E-state index contributed by atoms with van der Waals surface area (Å²) in [6, 6.07) is 5.46. The molecule has 0 saturated carbocycles. The van der Waals surface area contributed by atoms with Gasteiger partial charge in [-0.25, -0.2) is 17.8 Å². The van der Waals surface area contributed by atoms with E-state index in [0.29, 0.717) is 31.1 Å². The lowest BCUT2D eigenvalue weighted by Crippen LogP contribution is -2.30. The van der Waals surface area contributed by atoms with Crippen LogP contribution in [0.15, 0.2) is 24.4 Å². The Balaban J connectivity index is 1.82. The number of nitrogens with one attached hydrogen (secondary N) is 2. The van der Waals surface area contributed by atoms with Gasteiger partial charge in [0.1, 0.15) is 5.82 Å². The molecule has 0 aromatic carbocycles. The van der Waals surface area contributed by atoms with Crippen molar-refractivity contribution < 1.29 is 8.42 Å². The summed E-state index contributed by atoms with van der Waals surface area (Å²) in [7, 11) is -3.16. The van der Waals surface area contributed by atoms with Crippen LogP contribution in [0.5, 0.6) is 0 Å². The fourth-order valence-electron chi connectivity index (χ4n) is 1.82. The Morgan fingerprint density at radius 1 is 1.18 bits per heavy atom. The molecule has 0 radical (unpaired) electrons. The van der Waals surface area contributed by atoms with E-state index in [1.54, 1.807) is 16.8 Å². The number of hydrogen-bond acceptors (Lipinski definition) is 6. The van der Waals surface area contributed by atoms with E-state index in [2.05, 4.69) is 25.3 Å². The smallest absolute Gasteiger partial charge is 0.211 e. The predicted molar refractivity (Wildman–Crippen MR) is 84.5 cm³/mol. The van der Waals surface area contributed by atoms with E-state index in [0.717, 1.165) is 5.69 Å². The van der Waals surface area contributed by atoms with Gasteiger partial charge in [-0.2, -0.15) is 5.10 Å². The fourth-order valence-corrected chi connectivity index (χ4v) is 2.92. The molecule has 0 spiro atoms. The number of nitrogens with zero attached hydrogens (tertiary/aromatic N) is 4. The Morgan fingerprint density at radius 2 is 2.00 bits per heavy atom.